The van der Waals surface area contributed by atoms with Crippen LogP contribution in [0, 0.1) is 18.7 Å². The topological polar surface area (TPSA) is 70.9 Å². The lowest BCUT2D eigenvalue weighted by atomic mass is 9.86. The van der Waals surface area contributed by atoms with Gasteiger partial charge in [-0.2, -0.15) is 8.78 Å². The van der Waals surface area contributed by atoms with Gasteiger partial charge in [-0.3, -0.25) is 0 Å². The van der Waals surface area contributed by atoms with E-state index in [1.165, 1.54) is 12.1 Å². The molecule has 9 heteroatoms. The van der Waals surface area contributed by atoms with Gasteiger partial charge in [0.05, 0.1) is 23.3 Å². The number of hydrogen-bond donors (Lipinski definition) is 2. The van der Waals surface area contributed by atoms with Crippen LogP contribution in [0.4, 0.5) is 19.0 Å². The zero-order valence-corrected chi connectivity index (χ0v) is 18.8. The van der Waals surface area contributed by atoms with Gasteiger partial charge in [0.1, 0.15) is 27.7 Å². The minimum Gasteiger partial charge on any atom is -0.383 e. The predicted octanol–water partition coefficient (Wildman–Crippen LogP) is 5.66. The van der Waals surface area contributed by atoms with Gasteiger partial charge in [0.2, 0.25) is 0 Å². The third kappa shape index (κ3) is 3.89. The number of aliphatic hydroxyl groups is 1. The van der Waals surface area contributed by atoms with Gasteiger partial charge in [0, 0.05) is 10.9 Å². The van der Waals surface area contributed by atoms with Gasteiger partial charge in [-0.05, 0) is 67.6 Å². The smallest absolute Gasteiger partial charge is 0.304 e. The van der Waals surface area contributed by atoms with Crippen LogP contribution in [-0.2, 0) is 5.92 Å². The molecule has 1 saturated carbocycles. The van der Waals surface area contributed by atoms with E-state index in [1.54, 1.807) is 26.1 Å². The fourth-order valence-electron chi connectivity index (χ4n) is 3.82. The molecule has 5 nitrogen and oxygen atoms in total. The van der Waals surface area contributed by atoms with E-state index in [2.05, 4.69) is 36.2 Å². The maximum Gasteiger partial charge on any atom is 0.304 e. The van der Waals surface area contributed by atoms with Crippen molar-refractivity contribution in [3.8, 4) is 0 Å². The van der Waals surface area contributed by atoms with E-state index in [0.29, 0.717) is 40.0 Å². The molecule has 2 atom stereocenters. The number of pyridine rings is 1. The van der Waals surface area contributed by atoms with E-state index < -0.39 is 34.9 Å². The number of halogens is 4. The maximum atomic E-state index is 15.3. The first-order chi connectivity index (χ1) is 14.5. The molecule has 1 aliphatic rings. The SMILES string of the molecule is Cc1nc(N[C@H](C)c2cccc(C(F)(F)C(C)(O)C3CC3)c2F)c2cc(Br)ncc2n1. The highest BCUT2D eigenvalue weighted by atomic mass is 79.9. The monoisotopic (exact) mass is 494 g/mol. The molecule has 0 aliphatic heterocycles. The van der Waals surface area contributed by atoms with Gasteiger partial charge in [-0.15, -0.1) is 0 Å². The second-order valence-electron chi connectivity index (χ2n) is 8.21. The zero-order valence-electron chi connectivity index (χ0n) is 17.3. The van der Waals surface area contributed by atoms with Gasteiger partial charge < -0.3 is 10.4 Å². The summed E-state index contributed by atoms with van der Waals surface area (Å²) in [6.07, 6.45) is 2.60. The fourth-order valence-corrected chi connectivity index (χ4v) is 4.15. The lowest BCUT2D eigenvalue weighted by Gasteiger charge is -2.34. The summed E-state index contributed by atoms with van der Waals surface area (Å²) in [7, 11) is 0. The number of rotatable bonds is 6. The molecule has 1 aromatic carbocycles. The van der Waals surface area contributed by atoms with Crippen LogP contribution in [0.1, 0.15) is 49.7 Å². The highest BCUT2D eigenvalue weighted by Gasteiger charge is 2.59. The van der Waals surface area contributed by atoms with E-state index >= 15 is 13.2 Å². The molecule has 0 saturated heterocycles. The third-order valence-electron chi connectivity index (χ3n) is 5.86. The molecule has 4 rings (SSSR count). The van der Waals surface area contributed by atoms with Crippen LogP contribution >= 0.6 is 15.9 Å². The van der Waals surface area contributed by atoms with Crippen LogP contribution in [0.2, 0.25) is 0 Å². The third-order valence-corrected chi connectivity index (χ3v) is 6.29. The summed E-state index contributed by atoms with van der Waals surface area (Å²) < 4.78 is 46.1. The first-order valence-electron chi connectivity index (χ1n) is 9.98. The summed E-state index contributed by atoms with van der Waals surface area (Å²) in [6, 6.07) is 4.93. The van der Waals surface area contributed by atoms with Crippen molar-refractivity contribution < 1.29 is 18.3 Å². The van der Waals surface area contributed by atoms with Crippen molar-refractivity contribution in [3.05, 3.63) is 57.8 Å². The van der Waals surface area contributed by atoms with Gasteiger partial charge >= 0.3 is 5.92 Å². The second-order valence-corrected chi connectivity index (χ2v) is 9.03. The highest BCUT2D eigenvalue weighted by Crippen LogP contribution is 2.52. The number of fused-ring (bicyclic) bond motifs is 1. The minimum atomic E-state index is -3.72. The van der Waals surface area contributed by atoms with Crippen LogP contribution in [0.25, 0.3) is 10.9 Å². The van der Waals surface area contributed by atoms with Crippen LogP contribution in [0.3, 0.4) is 0 Å². The van der Waals surface area contributed by atoms with Crippen molar-refractivity contribution in [2.24, 2.45) is 5.92 Å². The molecule has 2 N–H and O–H groups in total. The molecule has 1 aliphatic carbocycles. The van der Waals surface area contributed by atoms with Gasteiger partial charge in [-0.1, -0.05) is 12.1 Å². The molecule has 0 spiro atoms. The number of nitrogens with zero attached hydrogens (tertiary/aromatic N) is 3. The Morgan fingerprint density at radius 2 is 1.97 bits per heavy atom. The summed E-state index contributed by atoms with van der Waals surface area (Å²) in [4.78, 5) is 12.9. The van der Waals surface area contributed by atoms with E-state index in [-0.39, 0.29) is 5.56 Å². The Morgan fingerprint density at radius 3 is 2.65 bits per heavy atom. The average Bonchev–Trinajstić information content (AvgIpc) is 3.54. The fraction of sp³-hybridized carbons (Fsp3) is 0.409. The maximum absolute atomic E-state index is 15.3. The standard InChI is InChI=1S/C22H22BrF3N4O/c1-11(28-20-15-9-18(23)27-10-17(15)29-12(2)30-20)14-5-4-6-16(19(14)24)22(25,26)21(3,31)13-7-8-13/h4-6,9-11,13,31H,7-8H2,1-3H3,(H,28,29,30)/t11-,21?/m1/s1. The van der Waals surface area contributed by atoms with Crippen molar-refractivity contribution in [3.63, 3.8) is 0 Å². The number of nitrogens with one attached hydrogen (secondary N) is 1. The number of alkyl halides is 2. The van der Waals surface area contributed by atoms with Crippen molar-refractivity contribution >= 4 is 32.7 Å². The first kappa shape index (κ1) is 22.0. The number of aromatic nitrogens is 3. The summed E-state index contributed by atoms with van der Waals surface area (Å²) in [5.41, 5.74) is -2.44. The Hall–Kier alpha value is -2.26. The quantitative estimate of drug-likeness (QED) is 0.432. The van der Waals surface area contributed by atoms with Gasteiger partial charge in [-0.25, -0.2) is 19.3 Å². The Labute approximate surface area is 186 Å². The average molecular weight is 495 g/mol. The van der Waals surface area contributed by atoms with Crippen LogP contribution in [0.5, 0.6) is 0 Å². The molecule has 0 bridgehead atoms. The lowest BCUT2D eigenvalue weighted by Crippen LogP contribution is -2.45. The molecule has 1 unspecified atom stereocenters. The molecule has 3 aromatic rings. The van der Waals surface area contributed by atoms with Crippen molar-refractivity contribution in [1.29, 1.82) is 0 Å². The number of benzene rings is 1. The van der Waals surface area contributed by atoms with E-state index in [9.17, 15) is 5.11 Å². The number of anilines is 1. The molecule has 31 heavy (non-hydrogen) atoms. The molecule has 2 aromatic heterocycles. The van der Waals surface area contributed by atoms with E-state index in [0.717, 1.165) is 13.0 Å². The van der Waals surface area contributed by atoms with Crippen molar-refractivity contribution in [2.75, 3.05) is 5.32 Å². The molecule has 0 amide bonds. The molecule has 164 valence electrons. The number of aryl methyl sites for hydroxylation is 1. The second kappa shape index (κ2) is 7.70. The highest BCUT2D eigenvalue weighted by molar-refractivity contribution is 9.10. The van der Waals surface area contributed by atoms with Crippen LogP contribution in [0.15, 0.2) is 35.1 Å². The largest absolute Gasteiger partial charge is 0.383 e. The van der Waals surface area contributed by atoms with Gasteiger partial charge in [0.15, 0.2) is 0 Å². The summed E-state index contributed by atoms with van der Waals surface area (Å²) in [6.45, 7) is 4.47. The number of hydrogen-bond acceptors (Lipinski definition) is 5. The Kier molecular flexibility index (Phi) is 5.46. The molecule has 2 heterocycles. The van der Waals surface area contributed by atoms with Crippen LogP contribution < -0.4 is 5.32 Å². The Balaban J connectivity index is 1.71. The summed E-state index contributed by atoms with van der Waals surface area (Å²) in [5, 5.41) is 14.2. The molecular weight excluding hydrogens is 473 g/mol. The van der Waals surface area contributed by atoms with E-state index in [4.69, 9.17) is 0 Å². The summed E-state index contributed by atoms with van der Waals surface area (Å²) >= 11 is 3.31. The summed E-state index contributed by atoms with van der Waals surface area (Å²) in [5.74, 6) is -4.36. The zero-order chi connectivity index (χ0) is 22.6. The molecule has 0 radical (unpaired) electrons. The minimum absolute atomic E-state index is 0.0568. The molecule has 1 fully saturated rings. The first-order valence-corrected chi connectivity index (χ1v) is 10.8. The van der Waals surface area contributed by atoms with Crippen molar-refractivity contribution in [2.45, 2.75) is 51.2 Å². The van der Waals surface area contributed by atoms with Crippen LogP contribution in [-0.4, -0.2) is 25.7 Å². The lowest BCUT2D eigenvalue weighted by molar-refractivity contribution is -0.191. The van der Waals surface area contributed by atoms with Gasteiger partial charge in [0.25, 0.3) is 0 Å². The normalized spacial score (nSPS) is 17.4. The Bertz CT molecular complexity index is 1150. The van der Waals surface area contributed by atoms with Crippen molar-refractivity contribution in [1.82, 2.24) is 15.0 Å². The predicted molar refractivity (Wildman–Crippen MR) is 115 cm³/mol. The molecular formula is C22H22BrF3N4O. The Morgan fingerprint density at radius 1 is 1.26 bits per heavy atom. The van der Waals surface area contributed by atoms with E-state index in [1.807, 2.05) is 0 Å².